The Bertz CT molecular complexity index is 509. The van der Waals surface area contributed by atoms with Crippen LogP contribution in [0.3, 0.4) is 0 Å². The molecular weight excluding hydrogens is 230 g/mol. The number of hydrogen-bond acceptors (Lipinski definition) is 4. The zero-order chi connectivity index (χ0) is 12.8. The molecule has 2 heterocycles. The Balaban J connectivity index is 2.04. The minimum absolute atomic E-state index is 0.159. The molecule has 0 saturated carbocycles. The molecule has 3 N–H and O–H groups in total. The summed E-state index contributed by atoms with van der Waals surface area (Å²) in [6, 6.07) is 3.49. The number of carbonyl (C=O) groups is 1. The lowest BCUT2D eigenvalue weighted by molar-refractivity contribution is 0.0951. The summed E-state index contributed by atoms with van der Waals surface area (Å²) in [7, 11) is 0. The van der Waals surface area contributed by atoms with E-state index >= 15 is 0 Å². The second-order valence-corrected chi connectivity index (χ2v) is 3.69. The maximum absolute atomic E-state index is 12.0. The third-order valence-electron chi connectivity index (χ3n) is 2.39. The van der Waals surface area contributed by atoms with Crippen LogP contribution in [-0.2, 0) is 6.54 Å². The zero-order valence-corrected chi connectivity index (χ0v) is 10.1. The van der Waals surface area contributed by atoms with Gasteiger partial charge in [-0.2, -0.15) is 0 Å². The average molecular weight is 245 g/mol. The molecule has 0 radical (unpaired) electrons. The number of aromatic nitrogens is 3. The standard InChI is InChI=1S/C12H15N5O/c1-2-14-11-10(4-3-5-15-11)12(18)16-7-9-6-13-8-17-9/h3-6,8H,2,7H2,1H3,(H,13,17)(H,14,15)(H,16,18). The van der Waals surface area contributed by atoms with Crippen LogP contribution < -0.4 is 10.6 Å². The first-order valence-electron chi connectivity index (χ1n) is 5.75. The van der Waals surface area contributed by atoms with Crippen LogP contribution >= 0.6 is 0 Å². The monoisotopic (exact) mass is 245 g/mol. The molecule has 0 atom stereocenters. The van der Waals surface area contributed by atoms with E-state index in [2.05, 4.69) is 25.6 Å². The molecule has 0 aliphatic carbocycles. The molecule has 18 heavy (non-hydrogen) atoms. The van der Waals surface area contributed by atoms with Crippen LogP contribution in [0.15, 0.2) is 30.9 Å². The molecule has 0 unspecified atom stereocenters. The summed E-state index contributed by atoms with van der Waals surface area (Å²) >= 11 is 0. The number of imidazole rings is 1. The van der Waals surface area contributed by atoms with Gasteiger partial charge in [0.2, 0.25) is 0 Å². The third kappa shape index (κ3) is 2.85. The van der Waals surface area contributed by atoms with E-state index in [1.165, 1.54) is 0 Å². The highest BCUT2D eigenvalue weighted by Crippen LogP contribution is 2.10. The lowest BCUT2D eigenvalue weighted by Crippen LogP contribution is -2.24. The number of aromatic amines is 1. The highest BCUT2D eigenvalue weighted by atomic mass is 16.1. The van der Waals surface area contributed by atoms with Gasteiger partial charge in [0.15, 0.2) is 0 Å². The largest absolute Gasteiger partial charge is 0.370 e. The van der Waals surface area contributed by atoms with Gasteiger partial charge in [-0.15, -0.1) is 0 Å². The minimum Gasteiger partial charge on any atom is -0.370 e. The number of H-pyrrole nitrogens is 1. The van der Waals surface area contributed by atoms with Gasteiger partial charge in [0.25, 0.3) is 5.91 Å². The van der Waals surface area contributed by atoms with Gasteiger partial charge in [-0.3, -0.25) is 4.79 Å². The van der Waals surface area contributed by atoms with Gasteiger partial charge >= 0.3 is 0 Å². The van der Waals surface area contributed by atoms with E-state index in [1.54, 1.807) is 30.9 Å². The molecule has 2 rings (SSSR count). The molecular formula is C12H15N5O. The lowest BCUT2D eigenvalue weighted by atomic mass is 10.2. The summed E-state index contributed by atoms with van der Waals surface area (Å²) in [5, 5.41) is 5.87. The summed E-state index contributed by atoms with van der Waals surface area (Å²) < 4.78 is 0. The molecule has 6 nitrogen and oxygen atoms in total. The van der Waals surface area contributed by atoms with Crippen molar-refractivity contribution in [3.8, 4) is 0 Å². The minimum atomic E-state index is -0.159. The van der Waals surface area contributed by atoms with Crippen LogP contribution in [0.1, 0.15) is 23.0 Å². The van der Waals surface area contributed by atoms with Crippen LogP contribution in [0.4, 0.5) is 5.82 Å². The molecule has 0 aliphatic heterocycles. The zero-order valence-electron chi connectivity index (χ0n) is 10.1. The number of amides is 1. The first kappa shape index (κ1) is 12.1. The first-order valence-corrected chi connectivity index (χ1v) is 5.75. The number of nitrogens with zero attached hydrogens (tertiary/aromatic N) is 2. The van der Waals surface area contributed by atoms with Gasteiger partial charge in [0.05, 0.1) is 24.1 Å². The Kier molecular flexibility index (Phi) is 3.90. The first-order chi connectivity index (χ1) is 8.81. The Hall–Kier alpha value is -2.37. The molecule has 6 heteroatoms. The van der Waals surface area contributed by atoms with Crippen molar-refractivity contribution in [1.82, 2.24) is 20.3 Å². The van der Waals surface area contributed by atoms with Gasteiger partial charge in [0, 0.05) is 18.9 Å². The number of pyridine rings is 1. The van der Waals surface area contributed by atoms with E-state index in [9.17, 15) is 4.79 Å². The Labute approximate surface area is 105 Å². The normalized spacial score (nSPS) is 10.1. The number of anilines is 1. The fourth-order valence-corrected chi connectivity index (χ4v) is 1.55. The van der Waals surface area contributed by atoms with Crippen LogP contribution in [0.5, 0.6) is 0 Å². The van der Waals surface area contributed by atoms with E-state index in [0.717, 1.165) is 12.2 Å². The van der Waals surface area contributed by atoms with Crippen molar-refractivity contribution >= 4 is 11.7 Å². The molecule has 0 aromatic carbocycles. The fraction of sp³-hybridized carbons (Fsp3) is 0.250. The molecule has 94 valence electrons. The van der Waals surface area contributed by atoms with E-state index in [4.69, 9.17) is 0 Å². The van der Waals surface area contributed by atoms with E-state index in [0.29, 0.717) is 17.9 Å². The fourth-order valence-electron chi connectivity index (χ4n) is 1.55. The quantitative estimate of drug-likeness (QED) is 0.738. The van der Waals surface area contributed by atoms with Crippen LogP contribution in [0.2, 0.25) is 0 Å². The van der Waals surface area contributed by atoms with E-state index in [1.807, 2.05) is 6.92 Å². The molecule has 0 fully saturated rings. The second-order valence-electron chi connectivity index (χ2n) is 3.69. The number of nitrogens with one attached hydrogen (secondary N) is 3. The van der Waals surface area contributed by atoms with Gasteiger partial charge in [-0.25, -0.2) is 9.97 Å². The topological polar surface area (TPSA) is 82.7 Å². The molecule has 2 aromatic heterocycles. The lowest BCUT2D eigenvalue weighted by Gasteiger charge is -2.09. The molecule has 1 amide bonds. The maximum atomic E-state index is 12.0. The highest BCUT2D eigenvalue weighted by molar-refractivity contribution is 5.98. The highest BCUT2D eigenvalue weighted by Gasteiger charge is 2.11. The smallest absolute Gasteiger partial charge is 0.255 e. The molecule has 2 aromatic rings. The SMILES string of the molecule is CCNc1ncccc1C(=O)NCc1cnc[nH]1. The summed E-state index contributed by atoms with van der Waals surface area (Å²) in [4.78, 5) is 23.0. The van der Waals surface area contributed by atoms with Gasteiger partial charge in [0.1, 0.15) is 5.82 Å². The summed E-state index contributed by atoms with van der Waals surface area (Å²) in [6.45, 7) is 3.10. The van der Waals surface area contributed by atoms with Crippen LogP contribution in [-0.4, -0.2) is 27.4 Å². The van der Waals surface area contributed by atoms with Crippen molar-refractivity contribution in [3.63, 3.8) is 0 Å². The molecule has 0 bridgehead atoms. The van der Waals surface area contributed by atoms with E-state index in [-0.39, 0.29) is 5.91 Å². The summed E-state index contributed by atoms with van der Waals surface area (Å²) in [5.74, 6) is 0.441. The Morgan fingerprint density at radius 3 is 3.11 bits per heavy atom. The van der Waals surface area contributed by atoms with Crippen molar-refractivity contribution in [2.45, 2.75) is 13.5 Å². The molecule has 0 spiro atoms. The Morgan fingerprint density at radius 2 is 2.39 bits per heavy atom. The molecule has 0 saturated heterocycles. The predicted octanol–water partition coefficient (Wildman–Crippen LogP) is 1.17. The van der Waals surface area contributed by atoms with Crippen LogP contribution in [0.25, 0.3) is 0 Å². The predicted molar refractivity (Wildman–Crippen MR) is 68.2 cm³/mol. The number of hydrogen-bond donors (Lipinski definition) is 3. The third-order valence-corrected chi connectivity index (χ3v) is 2.39. The van der Waals surface area contributed by atoms with Crippen molar-refractivity contribution in [2.24, 2.45) is 0 Å². The van der Waals surface area contributed by atoms with Crippen molar-refractivity contribution in [2.75, 3.05) is 11.9 Å². The van der Waals surface area contributed by atoms with Gasteiger partial charge < -0.3 is 15.6 Å². The van der Waals surface area contributed by atoms with Gasteiger partial charge in [-0.05, 0) is 19.1 Å². The maximum Gasteiger partial charge on any atom is 0.255 e. The van der Waals surface area contributed by atoms with Crippen LogP contribution in [0, 0.1) is 0 Å². The van der Waals surface area contributed by atoms with Crippen molar-refractivity contribution in [1.29, 1.82) is 0 Å². The number of carbonyl (C=O) groups excluding carboxylic acids is 1. The second kappa shape index (κ2) is 5.81. The van der Waals surface area contributed by atoms with E-state index < -0.39 is 0 Å². The Morgan fingerprint density at radius 1 is 1.50 bits per heavy atom. The average Bonchev–Trinajstić information content (AvgIpc) is 2.90. The molecule has 0 aliphatic rings. The van der Waals surface area contributed by atoms with Crippen molar-refractivity contribution in [3.05, 3.63) is 42.1 Å². The summed E-state index contributed by atoms with van der Waals surface area (Å²) in [5.41, 5.74) is 1.40. The van der Waals surface area contributed by atoms with Gasteiger partial charge in [-0.1, -0.05) is 0 Å². The van der Waals surface area contributed by atoms with Crippen molar-refractivity contribution < 1.29 is 4.79 Å². The number of rotatable bonds is 5. The summed E-state index contributed by atoms with van der Waals surface area (Å²) in [6.07, 6.45) is 4.91.